The zero-order chi connectivity index (χ0) is 12.4. The average molecular weight is 246 g/mol. The van der Waals surface area contributed by atoms with Crippen molar-refractivity contribution in [1.29, 1.82) is 0 Å². The van der Waals surface area contributed by atoms with E-state index < -0.39 is 23.5 Å². The van der Waals surface area contributed by atoms with Crippen molar-refractivity contribution in [3.8, 4) is 0 Å². The Morgan fingerprint density at radius 1 is 1.35 bits per heavy atom. The number of hydrogen-bond donors (Lipinski definition) is 0. The zero-order valence-electron chi connectivity index (χ0n) is 9.33. The number of alkyl halides is 3. The first kappa shape index (κ1) is 11.1. The molecule has 0 aliphatic heterocycles. The summed E-state index contributed by atoms with van der Waals surface area (Å²) in [5.41, 5.74) is -2.24. The Balaban J connectivity index is 2.00. The Morgan fingerprint density at radius 3 is 2.53 bits per heavy atom. The predicted molar refractivity (Wildman–Crippen MR) is 52.8 cm³/mol. The fourth-order valence-electron chi connectivity index (χ4n) is 4.10. The lowest BCUT2D eigenvalue weighted by Gasteiger charge is -2.54. The third-order valence-corrected chi connectivity index (χ3v) is 4.80. The Hall–Kier alpha value is -1.00. The molecule has 0 aromatic carbocycles. The molecule has 2 bridgehead atoms. The topological polar surface area (TPSA) is 26.3 Å². The van der Waals surface area contributed by atoms with E-state index in [0.29, 0.717) is 0 Å². The highest BCUT2D eigenvalue weighted by molar-refractivity contribution is 5.80. The standard InChI is InChI=1S/C12H13F3O2/c1-17-10(16)11(12(13,14)15)5-8-6-2-3-7(4-6)9(8)11/h2-3,6-9H,4-5H2,1H3/t6-,7+,8+,9-,11-/m0/s1. The summed E-state index contributed by atoms with van der Waals surface area (Å²) >= 11 is 0. The number of halogens is 3. The fraction of sp³-hybridized carbons (Fsp3) is 0.750. The van der Waals surface area contributed by atoms with Crippen LogP contribution in [-0.2, 0) is 9.53 Å². The lowest BCUT2D eigenvalue weighted by molar-refractivity contribution is -0.289. The summed E-state index contributed by atoms with van der Waals surface area (Å²) in [7, 11) is 1.03. The molecule has 3 aliphatic carbocycles. The average Bonchev–Trinajstić information content (AvgIpc) is 2.72. The lowest BCUT2D eigenvalue weighted by Crippen LogP contribution is -2.62. The predicted octanol–water partition coefficient (Wildman–Crippen LogP) is 2.55. The van der Waals surface area contributed by atoms with Crippen LogP contribution in [0.15, 0.2) is 12.2 Å². The van der Waals surface area contributed by atoms with Crippen LogP contribution in [0.1, 0.15) is 12.8 Å². The summed E-state index contributed by atoms with van der Waals surface area (Å²) in [6.07, 6.45) is 0.0148. The van der Waals surface area contributed by atoms with E-state index in [4.69, 9.17) is 0 Å². The Kier molecular flexibility index (Phi) is 2.00. The molecular formula is C12H13F3O2. The Labute approximate surface area is 96.8 Å². The maximum absolute atomic E-state index is 13.2. The second-order valence-corrected chi connectivity index (χ2v) is 5.30. The number of methoxy groups -OCH3 is 1. The molecule has 0 aromatic heterocycles. The summed E-state index contributed by atoms with van der Waals surface area (Å²) in [6, 6.07) is 0. The number of carbonyl (C=O) groups is 1. The first-order chi connectivity index (χ1) is 7.91. The molecule has 2 fully saturated rings. The zero-order valence-corrected chi connectivity index (χ0v) is 9.33. The first-order valence-electron chi connectivity index (χ1n) is 5.75. The summed E-state index contributed by atoms with van der Waals surface area (Å²) in [5, 5.41) is 0. The van der Waals surface area contributed by atoms with Crippen LogP contribution >= 0.6 is 0 Å². The van der Waals surface area contributed by atoms with Gasteiger partial charge in [0.2, 0.25) is 0 Å². The number of fused-ring (bicyclic) bond motifs is 5. The van der Waals surface area contributed by atoms with Gasteiger partial charge in [0, 0.05) is 0 Å². The van der Waals surface area contributed by atoms with Crippen molar-refractivity contribution in [2.45, 2.75) is 19.0 Å². The Morgan fingerprint density at radius 2 is 2.00 bits per heavy atom. The van der Waals surface area contributed by atoms with Crippen LogP contribution in [0.2, 0.25) is 0 Å². The molecule has 2 nitrogen and oxygen atoms in total. The van der Waals surface area contributed by atoms with Crippen LogP contribution in [0.25, 0.3) is 0 Å². The van der Waals surface area contributed by atoms with Gasteiger partial charge in [0.25, 0.3) is 0 Å². The second-order valence-electron chi connectivity index (χ2n) is 5.30. The van der Waals surface area contributed by atoms with Crippen LogP contribution in [-0.4, -0.2) is 19.3 Å². The van der Waals surface area contributed by atoms with Crippen LogP contribution in [0.5, 0.6) is 0 Å². The SMILES string of the molecule is COC(=O)[C@]1(C(F)(F)F)C[C@H]2[C@@H]1[C@@H]1C=C[C@H]2C1. The van der Waals surface area contributed by atoms with Crippen molar-refractivity contribution in [3.63, 3.8) is 0 Å². The quantitative estimate of drug-likeness (QED) is 0.525. The third kappa shape index (κ3) is 1.10. The van der Waals surface area contributed by atoms with Crippen molar-refractivity contribution in [2.75, 3.05) is 7.11 Å². The molecule has 0 spiro atoms. The number of carbonyl (C=O) groups excluding carboxylic acids is 1. The van der Waals surface area contributed by atoms with Gasteiger partial charge >= 0.3 is 12.1 Å². The van der Waals surface area contributed by atoms with Gasteiger partial charge in [0.15, 0.2) is 5.41 Å². The van der Waals surface area contributed by atoms with Crippen LogP contribution in [0.3, 0.4) is 0 Å². The largest absolute Gasteiger partial charge is 0.468 e. The number of esters is 1. The molecule has 0 aromatic rings. The van der Waals surface area contributed by atoms with Gasteiger partial charge in [-0.15, -0.1) is 0 Å². The van der Waals surface area contributed by atoms with Crippen LogP contribution in [0.4, 0.5) is 13.2 Å². The third-order valence-electron chi connectivity index (χ3n) is 4.80. The number of rotatable bonds is 1. The molecule has 0 amide bonds. The first-order valence-corrected chi connectivity index (χ1v) is 5.75. The van der Waals surface area contributed by atoms with E-state index in [1.807, 2.05) is 12.2 Å². The molecule has 2 saturated carbocycles. The van der Waals surface area contributed by atoms with Crippen LogP contribution < -0.4 is 0 Å². The molecule has 5 heteroatoms. The molecule has 0 heterocycles. The van der Waals surface area contributed by atoms with Gasteiger partial charge in [0.05, 0.1) is 7.11 Å². The molecule has 94 valence electrons. The number of ether oxygens (including phenoxy) is 1. The van der Waals surface area contributed by atoms with E-state index >= 15 is 0 Å². The molecule has 3 aliphatic rings. The van der Waals surface area contributed by atoms with Crippen molar-refractivity contribution < 1.29 is 22.7 Å². The molecule has 17 heavy (non-hydrogen) atoms. The molecule has 3 rings (SSSR count). The summed E-state index contributed by atoms with van der Waals surface area (Å²) in [5.74, 6) is -1.53. The Bertz CT molecular complexity index is 401. The molecule has 5 atom stereocenters. The van der Waals surface area contributed by atoms with Crippen molar-refractivity contribution in [1.82, 2.24) is 0 Å². The van der Waals surface area contributed by atoms with Gasteiger partial charge in [-0.05, 0) is 36.5 Å². The highest BCUT2D eigenvalue weighted by Crippen LogP contribution is 2.71. The normalized spacial score (nSPS) is 46.6. The van der Waals surface area contributed by atoms with Gasteiger partial charge in [-0.3, -0.25) is 4.79 Å². The van der Waals surface area contributed by atoms with E-state index in [2.05, 4.69) is 4.74 Å². The minimum absolute atomic E-state index is 0.0192. The van der Waals surface area contributed by atoms with E-state index in [1.165, 1.54) is 0 Å². The van der Waals surface area contributed by atoms with Gasteiger partial charge in [-0.25, -0.2) is 0 Å². The minimum atomic E-state index is -4.50. The molecular weight excluding hydrogens is 233 g/mol. The summed E-state index contributed by atoms with van der Waals surface area (Å²) < 4.78 is 44.1. The molecule has 0 radical (unpaired) electrons. The highest BCUT2D eigenvalue weighted by atomic mass is 19.4. The maximum atomic E-state index is 13.2. The van der Waals surface area contributed by atoms with Gasteiger partial charge in [-0.1, -0.05) is 12.2 Å². The molecule has 0 saturated heterocycles. The summed E-state index contributed by atoms with van der Waals surface area (Å²) in [4.78, 5) is 11.6. The number of hydrogen-bond acceptors (Lipinski definition) is 2. The van der Waals surface area contributed by atoms with Crippen molar-refractivity contribution in [3.05, 3.63) is 12.2 Å². The fourth-order valence-corrected chi connectivity index (χ4v) is 4.10. The summed E-state index contributed by atoms with van der Waals surface area (Å²) in [6.45, 7) is 0. The van der Waals surface area contributed by atoms with E-state index in [0.717, 1.165) is 13.5 Å². The van der Waals surface area contributed by atoms with Crippen LogP contribution in [0, 0.1) is 29.1 Å². The van der Waals surface area contributed by atoms with E-state index in [-0.39, 0.29) is 24.2 Å². The van der Waals surface area contributed by atoms with E-state index in [9.17, 15) is 18.0 Å². The molecule has 0 N–H and O–H groups in total. The monoisotopic (exact) mass is 246 g/mol. The van der Waals surface area contributed by atoms with Gasteiger partial charge in [0.1, 0.15) is 0 Å². The highest BCUT2D eigenvalue weighted by Gasteiger charge is 2.77. The van der Waals surface area contributed by atoms with Crippen molar-refractivity contribution >= 4 is 5.97 Å². The second kappa shape index (κ2) is 3.06. The molecule has 0 unspecified atom stereocenters. The van der Waals surface area contributed by atoms with Gasteiger partial charge in [-0.2, -0.15) is 13.2 Å². The number of allylic oxidation sites excluding steroid dienone is 2. The lowest BCUT2D eigenvalue weighted by atomic mass is 9.50. The maximum Gasteiger partial charge on any atom is 0.405 e. The minimum Gasteiger partial charge on any atom is -0.468 e. The van der Waals surface area contributed by atoms with Crippen molar-refractivity contribution in [2.24, 2.45) is 29.1 Å². The smallest absolute Gasteiger partial charge is 0.405 e. The van der Waals surface area contributed by atoms with E-state index in [1.54, 1.807) is 0 Å². The van der Waals surface area contributed by atoms with Gasteiger partial charge < -0.3 is 4.74 Å².